The Bertz CT molecular complexity index is 4240. The summed E-state index contributed by atoms with van der Waals surface area (Å²) in [6.45, 7) is 41.5. The summed E-state index contributed by atoms with van der Waals surface area (Å²) in [7, 11) is 0. The van der Waals surface area contributed by atoms with E-state index in [9.17, 15) is 0 Å². The maximum atomic E-state index is 7.00. The highest BCUT2D eigenvalue weighted by Gasteiger charge is 2.29. The second-order valence-corrected chi connectivity index (χ2v) is 29.4. The van der Waals surface area contributed by atoms with Gasteiger partial charge in [0.25, 0.3) is 6.33 Å². The average Bonchev–Trinajstić information content (AvgIpc) is 1.84. The van der Waals surface area contributed by atoms with Gasteiger partial charge in [-0.15, -0.1) is 0 Å². The van der Waals surface area contributed by atoms with Crippen LogP contribution in [0.3, 0.4) is 0 Å². The summed E-state index contributed by atoms with van der Waals surface area (Å²) in [5.74, 6) is 2.34. The first-order chi connectivity index (χ1) is 38.9. The maximum Gasteiger partial charge on any atom is 0.269 e. The van der Waals surface area contributed by atoms with Crippen molar-refractivity contribution in [2.45, 2.75) is 157 Å². The number of aromatic nitrogens is 4. The third-order valence-electron chi connectivity index (χ3n) is 16.8. The predicted molar refractivity (Wildman–Crippen MR) is 351 cm³/mol. The average molecular weight is 1090 g/mol. The summed E-state index contributed by atoms with van der Waals surface area (Å²) in [5.41, 5.74) is 20.5. The van der Waals surface area contributed by atoms with Gasteiger partial charge < -0.3 is 4.74 Å². The number of hydrogen-bond donors (Lipinski definition) is 0. The molecule has 11 aromatic rings. The number of hydrogen-bond acceptors (Lipinski definition) is 2. The van der Waals surface area contributed by atoms with Crippen LogP contribution in [0.4, 0.5) is 0 Å². The van der Waals surface area contributed by atoms with Crippen molar-refractivity contribution in [3.63, 3.8) is 0 Å². The molecular weight excluding hydrogens is 1010 g/mol. The fourth-order valence-corrected chi connectivity index (χ4v) is 11.4. The number of nitrogens with zero attached hydrogens (tertiary/aromatic N) is 4. The summed E-state index contributed by atoms with van der Waals surface area (Å²) in [4.78, 5) is 4.96. The third-order valence-corrected chi connectivity index (χ3v) is 16.8. The zero-order chi connectivity index (χ0) is 59.3. The molecule has 0 radical (unpaired) electrons. The molecule has 8 aromatic carbocycles. The zero-order valence-corrected chi connectivity index (χ0v) is 52.5. The number of rotatable bonds is 8. The van der Waals surface area contributed by atoms with E-state index in [4.69, 9.17) is 9.72 Å². The molecule has 5 heteroatoms. The molecule has 0 atom stereocenters. The SMILES string of the molecule is CC(C)(C)c1ccc(-c2ccc3c(c2)n(-c2cccc(Oc4ccc5c6ccccc6n(-c6cc(C(C)(C)C)ccn6)c5c4)c2)[c-][n+]3-c2c(-c3cccc(C(C)(C)C)c3)cc(C(C)(C)C)cc2-c2cc(C(C)(C)C)cc(C(C)(C)C)c2)cc1. The van der Waals surface area contributed by atoms with Crippen molar-refractivity contribution < 1.29 is 9.30 Å². The molecule has 5 nitrogen and oxygen atoms in total. The number of imidazole rings is 1. The molecule has 0 bridgehead atoms. The first-order valence-corrected chi connectivity index (χ1v) is 29.8. The molecule has 0 saturated heterocycles. The van der Waals surface area contributed by atoms with E-state index in [1.807, 2.05) is 6.20 Å². The normalized spacial score (nSPS) is 12.9. The summed E-state index contributed by atoms with van der Waals surface area (Å²) >= 11 is 0. The van der Waals surface area contributed by atoms with Crippen LogP contribution in [0.15, 0.2) is 182 Å². The van der Waals surface area contributed by atoms with E-state index >= 15 is 0 Å². The molecular formula is C78H84N4O. The minimum atomic E-state index is -0.159. The molecule has 0 aliphatic heterocycles. The number of pyridine rings is 1. The van der Waals surface area contributed by atoms with E-state index in [1.54, 1.807) is 0 Å². The van der Waals surface area contributed by atoms with Gasteiger partial charge in [-0.2, -0.15) is 0 Å². The van der Waals surface area contributed by atoms with E-state index < -0.39 is 0 Å². The molecule has 422 valence electrons. The summed E-state index contributed by atoms with van der Waals surface area (Å²) in [5, 5.41) is 2.32. The molecule has 0 amide bonds. The van der Waals surface area contributed by atoms with Gasteiger partial charge in [-0.25, -0.2) is 4.98 Å². The third kappa shape index (κ3) is 11.2. The smallest absolute Gasteiger partial charge is 0.269 e. The van der Waals surface area contributed by atoms with Gasteiger partial charge in [0.05, 0.1) is 33.4 Å². The Labute approximate surface area is 494 Å². The van der Waals surface area contributed by atoms with Crippen LogP contribution in [-0.2, 0) is 32.5 Å². The number of ether oxygens (including phenoxy) is 1. The summed E-state index contributed by atoms with van der Waals surface area (Å²) in [6, 6.07) is 65.4. The zero-order valence-electron chi connectivity index (χ0n) is 52.5. The number of fused-ring (bicyclic) bond motifs is 4. The summed E-state index contributed by atoms with van der Waals surface area (Å²) < 4.78 is 13.9. The minimum Gasteiger partial charge on any atom is -0.458 e. The predicted octanol–water partition coefficient (Wildman–Crippen LogP) is 20.8. The van der Waals surface area contributed by atoms with Gasteiger partial charge in [-0.3, -0.25) is 13.7 Å². The van der Waals surface area contributed by atoms with E-state index in [0.29, 0.717) is 0 Å². The largest absolute Gasteiger partial charge is 0.458 e. The lowest BCUT2D eigenvalue weighted by Gasteiger charge is -2.29. The Kier molecular flexibility index (Phi) is 14.0. The quantitative estimate of drug-likeness (QED) is 0.112. The molecule has 0 spiro atoms. The van der Waals surface area contributed by atoms with Crippen LogP contribution >= 0.6 is 0 Å². The van der Waals surface area contributed by atoms with Gasteiger partial charge in [0.2, 0.25) is 0 Å². The van der Waals surface area contributed by atoms with Crippen molar-refractivity contribution >= 4 is 32.8 Å². The first kappa shape index (κ1) is 56.8. The lowest BCUT2D eigenvalue weighted by atomic mass is 9.77. The fraction of sp³-hybridized carbons (Fsp3) is 0.308. The highest BCUT2D eigenvalue weighted by molar-refractivity contribution is 6.09. The van der Waals surface area contributed by atoms with Crippen LogP contribution in [0.1, 0.15) is 158 Å². The maximum absolute atomic E-state index is 7.00. The second kappa shape index (κ2) is 20.4. The first-order valence-electron chi connectivity index (χ1n) is 29.8. The lowest BCUT2D eigenvalue weighted by molar-refractivity contribution is -0.571. The van der Waals surface area contributed by atoms with E-state index in [2.05, 4.69) is 321 Å². The van der Waals surface area contributed by atoms with E-state index in [0.717, 1.165) is 78.4 Å². The molecule has 0 unspecified atom stereocenters. The number of benzene rings is 8. The van der Waals surface area contributed by atoms with Crippen LogP contribution in [-0.4, -0.2) is 14.1 Å². The van der Waals surface area contributed by atoms with Crippen molar-refractivity contribution in [2.24, 2.45) is 0 Å². The van der Waals surface area contributed by atoms with Crippen LogP contribution < -0.4 is 9.30 Å². The van der Waals surface area contributed by atoms with Crippen molar-refractivity contribution in [1.82, 2.24) is 14.1 Å². The lowest BCUT2D eigenvalue weighted by Crippen LogP contribution is -2.32. The molecule has 0 aliphatic carbocycles. The van der Waals surface area contributed by atoms with Gasteiger partial charge in [-0.1, -0.05) is 240 Å². The van der Waals surface area contributed by atoms with Gasteiger partial charge in [-0.05, 0) is 154 Å². The summed E-state index contributed by atoms with van der Waals surface area (Å²) in [6.07, 6.45) is 6.01. The molecule has 11 rings (SSSR count). The van der Waals surface area contributed by atoms with Gasteiger partial charge in [0.15, 0.2) is 0 Å². The van der Waals surface area contributed by atoms with Crippen LogP contribution in [0.2, 0.25) is 0 Å². The Balaban J connectivity index is 1.16. The Morgan fingerprint density at radius 2 is 0.928 bits per heavy atom. The Morgan fingerprint density at radius 1 is 0.373 bits per heavy atom. The minimum absolute atomic E-state index is 0.0363. The molecule has 0 aliphatic rings. The van der Waals surface area contributed by atoms with Crippen LogP contribution in [0, 0.1) is 6.33 Å². The van der Waals surface area contributed by atoms with Crippen molar-refractivity contribution in [3.8, 4) is 62.1 Å². The molecule has 83 heavy (non-hydrogen) atoms. The van der Waals surface area contributed by atoms with Gasteiger partial charge in [0, 0.05) is 23.0 Å². The second-order valence-electron chi connectivity index (χ2n) is 29.4. The molecule has 3 aromatic heterocycles. The van der Waals surface area contributed by atoms with Crippen molar-refractivity contribution in [1.29, 1.82) is 0 Å². The molecule has 0 saturated carbocycles. The molecule has 0 N–H and O–H groups in total. The van der Waals surface area contributed by atoms with E-state index in [1.165, 1.54) is 49.9 Å². The van der Waals surface area contributed by atoms with Crippen molar-refractivity contribution in [2.75, 3.05) is 0 Å². The Morgan fingerprint density at radius 3 is 1.58 bits per heavy atom. The standard InChI is InChI=1S/C78H84N4O/c1-73(2,3)54-32-29-50(30-33-54)51-31-36-68-70(42-51)80(60-25-22-26-61(47-60)83-62-34-35-64-63-27-19-20-28-67(63)82(69(64)48-62)71-46-56(37-38-79-71)75(7,8)9)49-81(68)72-65(52-23-21-24-55(39-52)74(4,5)6)44-59(78(16,17)18)45-66(72)53-40-57(76(10,11)12)43-58(41-53)77(13,14)15/h19-48H,1-18H3. The monoisotopic (exact) mass is 1090 g/mol. The van der Waals surface area contributed by atoms with Crippen molar-refractivity contribution in [3.05, 3.63) is 222 Å². The van der Waals surface area contributed by atoms with Gasteiger partial charge in [0.1, 0.15) is 17.3 Å². The van der Waals surface area contributed by atoms with E-state index in [-0.39, 0.29) is 32.5 Å². The number of para-hydroxylation sites is 1. The van der Waals surface area contributed by atoms with Crippen LogP contribution in [0.25, 0.3) is 83.4 Å². The fourth-order valence-electron chi connectivity index (χ4n) is 11.4. The highest BCUT2D eigenvalue weighted by Crippen LogP contribution is 2.44. The molecule has 3 heterocycles. The molecule has 0 fully saturated rings. The highest BCUT2D eigenvalue weighted by atomic mass is 16.5. The van der Waals surface area contributed by atoms with Crippen LogP contribution in [0.5, 0.6) is 11.5 Å². The van der Waals surface area contributed by atoms with Gasteiger partial charge >= 0.3 is 0 Å². The topological polar surface area (TPSA) is 35.9 Å². The Hall–Kier alpha value is -8.02.